The van der Waals surface area contributed by atoms with Crippen molar-refractivity contribution in [3.8, 4) is 5.75 Å². The van der Waals surface area contributed by atoms with E-state index in [4.69, 9.17) is 0 Å². The van der Waals surface area contributed by atoms with Crippen molar-refractivity contribution < 1.29 is 31.9 Å². The van der Waals surface area contributed by atoms with Crippen LogP contribution in [-0.2, 0) is 9.59 Å². The van der Waals surface area contributed by atoms with Crippen LogP contribution in [0, 0.1) is 5.82 Å². The molecule has 0 unspecified atom stereocenters. The number of ether oxygens (including phenoxy) is 1. The van der Waals surface area contributed by atoms with Crippen molar-refractivity contribution in [2.75, 3.05) is 24.2 Å². The molecule has 0 aliphatic rings. The second-order valence-corrected chi connectivity index (χ2v) is 6.21. The molecule has 0 aromatic heterocycles. The number of amides is 2. The Balaban J connectivity index is 1.87. The van der Waals surface area contributed by atoms with Gasteiger partial charge in [0, 0.05) is 11.4 Å². The molecule has 2 amide bonds. The lowest BCUT2D eigenvalue weighted by Gasteiger charge is -2.23. The standard InChI is InChI=1S/C19H19F4N3O3/c1-12(26(2)11-17(27)24-15-5-3-4-13(20)10-15)18(28)25-14-6-8-16(9-7-14)29-19(21,22)23/h3-10,12H,11H2,1-2H3,(H,24,27)(H,25,28)/t12-/m0/s1. The molecule has 0 saturated heterocycles. The topological polar surface area (TPSA) is 70.7 Å². The first-order valence-corrected chi connectivity index (χ1v) is 8.46. The highest BCUT2D eigenvalue weighted by Gasteiger charge is 2.31. The molecule has 10 heteroatoms. The Morgan fingerprint density at radius 1 is 1.07 bits per heavy atom. The van der Waals surface area contributed by atoms with E-state index < -0.39 is 35.8 Å². The smallest absolute Gasteiger partial charge is 0.406 e. The van der Waals surface area contributed by atoms with E-state index in [1.807, 2.05) is 0 Å². The van der Waals surface area contributed by atoms with Gasteiger partial charge in [-0.2, -0.15) is 0 Å². The molecule has 0 spiro atoms. The predicted molar refractivity (Wildman–Crippen MR) is 98.9 cm³/mol. The van der Waals surface area contributed by atoms with Gasteiger partial charge in [-0.3, -0.25) is 14.5 Å². The molecule has 0 bridgehead atoms. The molecule has 2 N–H and O–H groups in total. The minimum Gasteiger partial charge on any atom is -0.406 e. The van der Waals surface area contributed by atoms with E-state index in [0.717, 1.165) is 12.1 Å². The van der Waals surface area contributed by atoms with Gasteiger partial charge in [0.05, 0.1) is 12.6 Å². The van der Waals surface area contributed by atoms with E-state index in [-0.39, 0.29) is 12.2 Å². The number of hydrogen-bond donors (Lipinski definition) is 2. The number of carbonyl (C=O) groups is 2. The highest BCUT2D eigenvalue weighted by molar-refractivity contribution is 5.96. The summed E-state index contributed by atoms with van der Waals surface area (Å²) in [5, 5.41) is 5.07. The zero-order chi connectivity index (χ0) is 21.6. The summed E-state index contributed by atoms with van der Waals surface area (Å²) in [5.41, 5.74) is 0.565. The van der Waals surface area contributed by atoms with Crippen molar-refractivity contribution in [2.45, 2.75) is 19.3 Å². The first kappa shape index (κ1) is 22.2. The summed E-state index contributed by atoms with van der Waals surface area (Å²) in [5.74, 6) is -1.80. The lowest BCUT2D eigenvalue weighted by atomic mass is 10.2. The Morgan fingerprint density at radius 2 is 1.72 bits per heavy atom. The van der Waals surface area contributed by atoms with Gasteiger partial charge < -0.3 is 15.4 Å². The lowest BCUT2D eigenvalue weighted by Crippen LogP contribution is -2.43. The van der Waals surface area contributed by atoms with Gasteiger partial charge in [0.15, 0.2) is 0 Å². The number of rotatable bonds is 7. The second-order valence-electron chi connectivity index (χ2n) is 6.21. The fourth-order valence-corrected chi connectivity index (χ4v) is 2.32. The summed E-state index contributed by atoms with van der Waals surface area (Å²) < 4.78 is 53.4. The van der Waals surface area contributed by atoms with Gasteiger partial charge in [0.2, 0.25) is 11.8 Å². The van der Waals surface area contributed by atoms with Crippen molar-refractivity contribution in [1.82, 2.24) is 4.90 Å². The van der Waals surface area contributed by atoms with Crippen molar-refractivity contribution in [1.29, 1.82) is 0 Å². The molecule has 2 aromatic carbocycles. The third-order valence-electron chi connectivity index (χ3n) is 3.90. The second kappa shape index (κ2) is 9.37. The van der Waals surface area contributed by atoms with Crippen molar-refractivity contribution in [3.63, 3.8) is 0 Å². The van der Waals surface area contributed by atoms with Gasteiger partial charge in [0.1, 0.15) is 11.6 Å². The molecule has 6 nitrogen and oxygen atoms in total. The molecule has 0 fully saturated rings. The van der Waals surface area contributed by atoms with Crippen LogP contribution in [0.4, 0.5) is 28.9 Å². The first-order chi connectivity index (χ1) is 13.5. The normalized spacial score (nSPS) is 12.4. The zero-order valence-electron chi connectivity index (χ0n) is 15.6. The minimum absolute atomic E-state index is 0.135. The van der Waals surface area contributed by atoms with Gasteiger partial charge in [-0.25, -0.2) is 4.39 Å². The Bertz CT molecular complexity index is 857. The van der Waals surface area contributed by atoms with Crippen LogP contribution in [-0.4, -0.2) is 42.7 Å². The van der Waals surface area contributed by atoms with E-state index in [2.05, 4.69) is 15.4 Å². The average Bonchev–Trinajstić information content (AvgIpc) is 2.61. The quantitative estimate of drug-likeness (QED) is 0.681. The first-order valence-electron chi connectivity index (χ1n) is 8.46. The predicted octanol–water partition coefficient (Wildman–Crippen LogP) is 3.62. The third kappa shape index (κ3) is 7.41. The summed E-state index contributed by atoms with van der Waals surface area (Å²) >= 11 is 0. The minimum atomic E-state index is -4.80. The Kier molecular flexibility index (Phi) is 7.16. The SMILES string of the molecule is C[C@@H](C(=O)Nc1ccc(OC(F)(F)F)cc1)N(C)CC(=O)Nc1cccc(F)c1. The number of likely N-dealkylation sites (N-methyl/N-ethyl adjacent to an activating group) is 1. The zero-order valence-corrected chi connectivity index (χ0v) is 15.6. The molecule has 2 aromatic rings. The highest BCUT2D eigenvalue weighted by atomic mass is 19.4. The number of benzene rings is 2. The maximum Gasteiger partial charge on any atom is 0.573 e. The molecule has 2 rings (SSSR count). The van der Waals surface area contributed by atoms with E-state index in [0.29, 0.717) is 5.69 Å². The molecule has 1 atom stereocenters. The van der Waals surface area contributed by atoms with E-state index >= 15 is 0 Å². The Hall–Kier alpha value is -3.14. The summed E-state index contributed by atoms with van der Waals surface area (Å²) in [7, 11) is 1.55. The monoisotopic (exact) mass is 413 g/mol. The van der Waals surface area contributed by atoms with Crippen molar-refractivity contribution >= 4 is 23.2 Å². The fraction of sp³-hybridized carbons (Fsp3) is 0.263. The number of alkyl halides is 3. The van der Waals surface area contributed by atoms with Crippen LogP contribution in [0.1, 0.15) is 6.92 Å². The van der Waals surface area contributed by atoms with E-state index in [9.17, 15) is 27.2 Å². The Morgan fingerprint density at radius 3 is 2.31 bits per heavy atom. The van der Waals surface area contributed by atoms with Gasteiger partial charge in [-0.05, 0) is 56.4 Å². The molecule has 0 saturated carbocycles. The number of carbonyl (C=O) groups excluding carboxylic acids is 2. The van der Waals surface area contributed by atoms with Crippen LogP contribution in [0.2, 0.25) is 0 Å². The van der Waals surface area contributed by atoms with Crippen molar-refractivity contribution in [3.05, 3.63) is 54.3 Å². The molecule has 156 valence electrons. The van der Waals surface area contributed by atoms with Crippen LogP contribution >= 0.6 is 0 Å². The summed E-state index contributed by atoms with van der Waals surface area (Å²) in [6.07, 6.45) is -4.80. The van der Waals surface area contributed by atoms with Crippen LogP contribution in [0.3, 0.4) is 0 Å². The lowest BCUT2D eigenvalue weighted by molar-refractivity contribution is -0.274. The summed E-state index contributed by atoms with van der Waals surface area (Å²) in [6.45, 7) is 1.43. The van der Waals surface area contributed by atoms with Gasteiger partial charge in [-0.1, -0.05) is 6.07 Å². The number of nitrogens with zero attached hydrogens (tertiary/aromatic N) is 1. The number of nitrogens with one attached hydrogen (secondary N) is 2. The molecule has 29 heavy (non-hydrogen) atoms. The highest BCUT2D eigenvalue weighted by Crippen LogP contribution is 2.24. The maximum atomic E-state index is 13.1. The number of hydrogen-bond acceptors (Lipinski definition) is 4. The molecular formula is C19H19F4N3O3. The fourth-order valence-electron chi connectivity index (χ4n) is 2.32. The molecular weight excluding hydrogens is 394 g/mol. The average molecular weight is 413 g/mol. The van der Waals surface area contributed by atoms with Gasteiger partial charge in [-0.15, -0.1) is 13.2 Å². The number of halogens is 4. The number of anilines is 2. The van der Waals surface area contributed by atoms with Gasteiger partial charge in [0.25, 0.3) is 0 Å². The summed E-state index contributed by atoms with van der Waals surface area (Å²) in [4.78, 5) is 25.8. The summed E-state index contributed by atoms with van der Waals surface area (Å²) in [6, 6.07) is 9.35. The molecule has 0 radical (unpaired) electrons. The molecule has 0 aliphatic heterocycles. The molecule has 0 heterocycles. The van der Waals surface area contributed by atoms with E-state index in [1.165, 1.54) is 41.3 Å². The third-order valence-corrected chi connectivity index (χ3v) is 3.90. The van der Waals surface area contributed by atoms with Gasteiger partial charge >= 0.3 is 6.36 Å². The van der Waals surface area contributed by atoms with Crippen molar-refractivity contribution in [2.24, 2.45) is 0 Å². The van der Waals surface area contributed by atoms with E-state index in [1.54, 1.807) is 14.0 Å². The Labute approximate surface area is 164 Å². The van der Waals surface area contributed by atoms with Crippen LogP contribution < -0.4 is 15.4 Å². The van der Waals surface area contributed by atoms with Crippen LogP contribution in [0.15, 0.2) is 48.5 Å². The van der Waals surface area contributed by atoms with Crippen LogP contribution in [0.25, 0.3) is 0 Å². The maximum absolute atomic E-state index is 13.1. The van der Waals surface area contributed by atoms with Crippen LogP contribution in [0.5, 0.6) is 5.75 Å². The molecule has 0 aliphatic carbocycles. The largest absolute Gasteiger partial charge is 0.573 e.